The summed E-state index contributed by atoms with van der Waals surface area (Å²) in [6, 6.07) is 3.87. The Bertz CT molecular complexity index is 547. The van der Waals surface area contributed by atoms with E-state index in [0.29, 0.717) is 11.7 Å². The SMILES string of the molecule is O=C(Nc1cncc(-c2ccn[nH]2)c1)NC1CC1. The molecular weight excluding hydrogens is 230 g/mol. The van der Waals surface area contributed by atoms with Gasteiger partial charge in [0.25, 0.3) is 0 Å². The molecule has 0 bridgehead atoms. The highest BCUT2D eigenvalue weighted by molar-refractivity contribution is 5.90. The lowest BCUT2D eigenvalue weighted by Crippen LogP contribution is -2.30. The number of H-pyrrole nitrogens is 1. The minimum absolute atomic E-state index is 0.180. The molecule has 92 valence electrons. The molecule has 1 saturated carbocycles. The lowest BCUT2D eigenvalue weighted by atomic mass is 10.2. The molecule has 2 heterocycles. The summed E-state index contributed by atoms with van der Waals surface area (Å²) in [5.41, 5.74) is 2.42. The average Bonchev–Trinajstić information content (AvgIpc) is 3.00. The lowest BCUT2D eigenvalue weighted by Gasteiger charge is -2.07. The fourth-order valence-electron chi connectivity index (χ4n) is 1.65. The molecule has 0 atom stereocenters. The van der Waals surface area contributed by atoms with Gasteiger partial charge in [0.1, 0.15) is 0 Å². The van der Waals surface area contributed by atoms with E-state index in [0.717, 1.165) is 24.1 Å². The summed E-state index contributed by atoms with van der Waals surface area (Å²) in [7, 11) is 0. The number of nitrogens with one attached hydrogen (secondary N) is 3. The third-order valence-electron chi connectivity index (χ3n) is 2.72. The normalized spacial score (nSPS) is 14.2. The third kappa shape index (κ3) is 2.48. The van der Waals surface area contributed by atoms with Crippen molar-refractivity contribution < 1.29 is 4.79 Å². The van der Waals surface area contributed by atoms with Crippen LogP contribution in [0.5, 0.6) is 0 Å². The minimum atomic E-state index is -0.180. The quantitative estimate of drug-likeness (QED) is 0.768. The number of hydrogen-bond donors (Lipinski definition) is 3. The van der Waals surface area contributed by atoms with Crippen molar-refractivity contribution in [1.29, 1.82) is 0 Å². The first-order valence-electron chi connectivity index (χ1n) is 5.83. The Balaban J connectivity index is 1.72. The van der Waals surface area contributed by atoms with Crippen LogP contribution >= 0.6 is 0 Å². The highest BCUT2D eigenvalue weighted by Crippen LogP contribution is 2.20. The molecule has 0 spiro atoms. The van der Waals surface area contributed by atoms with Crippen LogP contribution in [0, 0.1) is 0 Å². The van der Waals surface area contributed by atoms with E-state index in [9.17, 15) is 4.79 Å². The van der Waals surface area contributed by atoms with E-state index in [1.165, 1.54) is 0 Å². The summed E-state index contributed by atoms with van der Waals surface area (Å²) < 4.78 is 0. The number of amides is 2. The number of urea groups is 1. The lowest BCUT2D eigenvalue weighted by molar-refractivity contribution is 0.251. The molecule has 1 aliphatic carbocycles. The van der Waals surface area contributed by atoms with Gasteiger partial charge in [-0.15, -0.1) is 0 Å². The predicted molar refractivity (Wildman–Crippen MR) is 67.0 cm³/mol. The Kier molecular flexibility index (Phi) is 2.68. The van der Waals surface area contributed by atoms with Crippen LogP contribution in [-0.4, -0.2) is 27.3 Å². The summed E-state index contributed by atoms with van der Waals surface area (Å²) in [6.07, 6.45) is 7.15. The molecular formula is C12H13N5O. The van der Waals surface area contributed by atoms with Gasteiger partial charge < -0.3 is 10.6 Å². The van der Waals surface area contributed by atoms with Gasteiger partial charge in [0.15, 0.2) is 0 Å². The van der Waals surface area contributed by atoms with Crippen molar-refractivity contribution in [1.82, 2.24) is 20.5 Å². The van der Waals surface area contributed by atoms with Gasteiger partial charge in [-0.1, -0.05) is 0 Å². The molecule has 1 fully saturated rings. The molecule has 6 heteroatoms. The molecule has 6 nitrogen and oxygen atoms in total. The fraction of sp³-hybridized carbons (Fsp3) is 0.250. The standard InChI is InChI=1S/C12H13N5O/c18-12(15-9-1-2-9)16-10-5-8(6-13-7-10)11-3-4-14-17-11/h3-7,9H,1-2H2,(H,14,17)(H2,15,16,18). The van der Waals surface area contributed by atoms with Gasteiger partial charge in [-0.25, -0.2) is 4.79 Å². The van der Waals surface area contributed by atoms with Gasteiger partial charge in [0.2, 0.25) is 0 Å². The van der Waals surface area contributed by atoms with E-state index >= 15 is 0 Å². The molecule has 0 radical (unpaired) electrons. The Morgan fingerprint density at radius 1 is 1.39 bits per heavy atom. The Labute approximate surface area is 104 Å². The second kappa shape index (κ2) is 4.48. The third-order valence-corrected chi connectivity index (χ3v) is 2.72. The Hall–Kier alpha value is -2.37. The molecule has 18 heavy (non-hydrogen) atoms. The predicted octanol–water partition coefficient (Wildman–Crippen LogP) is 1.76. The van der Waals surface area contributed by atoms with Crippen LogP contribution < -0.4 is 10.6 Å². The number of carbonyl (C=O) groups is 1. The molecule has 0 aliphatic heterocycles. The number of anilines is 1. The fourth-order valence-corrected chi connectivity index (χ4v) is 1.65. The number of aromatic nitrogens is 3. The highest BCUT2D eigenvalue weighted by atomic mass is 16.2. The zero-order valence-corrected chi connectivity index (χ0v) is 9.68. The molecule has 1 aliphatic rings. The largest absolute Gasteiger partial charge is 0.335 e. The maximum absolute atomic E-state index is 11.6. The smallest absolute Gasteiger partial charge is 0.319 e. The molecule has 2 aromatic heterocycles. The monoisotopic (exact) mass is 243 g/mol. The van der Waals surface area contributed by atoms with Crippen molar-refractivity contribution in [2.45, 2.75) is 18.9 Å². The Morgan fingerprint density at radius 3 is 3.00 bits per heavy atom. The van der Waals surface area contributed by atoms with Gasteiger partial charge >= 0.3 is 6.03 Å². The van der Waals surface area contributed by atoms with E-state index in [4.69, 9.17) is 0 Å². The van der Waals surface area contributed by atoms with Crippen LogP contribution in [-0.2, 0) is 0 Å². The zero-order valence-electron chi connectivity index (χ0n) is 9.68. The van der Waals surface area contributed by atoms with Gasteiger partial charge in [0, 0.05) is 24.0 Å². The van der Waals surface area contributed by atoms with Crippen LogP contribution in [0.25, 0.3) is 11.3 Å². The number of rotatable bonds is 3. The minimum Gasteiger partial charge on any atom is -0.335 e. The van der Waals surface area contributed by atoms with E-state index in [1.807, 2.05) is 12.1 Å². The number of pyridine rings is 1. The topological polar surface area (TPSA) is 82.7 Å². The molecule has 0 unspecified atom stereocenters. The summed E-state index contributed by atoms with van der Waals surface area (Å²) in [5.74, 6) is 0. The summed E-state index contributed by atoms with van der Waals surface area (Å²) in [5, 5.41) is 12.4. The number of aromatic amines is 1. The summed E-state index contributed by atoms with van der Waals surface area (Å²) >= 11 is 0. The first-order valence-corrected chi connectivity index (χ1v) is 5.83. The van der Waals surface area contributed by atoms with Crippen LogP contribution in [0.1, 0.15) is 12.8 Å². The zero-order chi connectivity index (χ0) is 12.4. The van der Waals surface area contributed by atoms with Crippen molar-refractivity contribution in [3.63, 3.8) is 0 Å². The molecule has 2 amide bonds. The van der Waals surface area contributed by atoms with E-state index in [-0.39, 0.29) is 6.03 Å². The van der Waals surface area contributed by atoms with Crippen LogP contribution in [0.3, 0.4) is 0 Å². The van der Waals surface area contributed by atoms with Gasteiger partial charge in [-0.3, -0.25) is 10.1 Å². The van der Waals surface area contributed by atoms with E-state index in [1.54, 1.807) is 18.6 Å². The van der Waals surface area contributed by atoms with E-state index < -0.39 is 0 Å². The van der Waals surface area contributed by atoms with Gasteiger partial charge in [-0.05, 0) is 25.0 Å². The average molecular weight is 243 g/mol. The molecule has 3 rings (SSSR count). The van der Waals surface area contributed by atoms with Crippen molar-refractivity contribution in [2.24, 2.45) is 0 Å². The molecule has 2 aromatic rings. The first kappa shape index (κ1) is 10.8. The summed E-state index contributed by atoms with van der Waals surface area (Å²) in [4.78, 5) is 15.7. The highest BCUT2D eigenvalue weighted by Gasteiger charge is 2.23. The van der Waals surface area contributed by atoms with E-state index in [2.05, 4.69) is 25.8 Å². The van der Waals surface area contributed by atoms with Crippen LogP contribution in [0.2, 0.25) is 0 Å². The number of nitrogens with zero attached hydrogens (tertiary/aromatic N) is 2. The van der Waals surface area contributed by atoms with Gasteiger partial charge in [-0.2, -0.15) is 5.10 Å². The maximum Gasteiger partial charge on any atom is 0.319 e. The Morgan fingerprint density at radius 2 is 2.28 bits per heavy atom. The van der Waals surface area contributed by atoms with Crippen molar-refractivity contribution in [2.75, 3.05) is 5.32 Å². The number of hydrogen-bond acceptors (Lipinski definition) is 3. The summed E-state index contributed by atoms with van der Waals surface area (Å²) in [6.45, 7) is 0. The second-order valence-electron chi connectivity index (χ2n) is 4.31. The molecule has 0 aromatic carbocycles. The van der Waals surface area contributed by atoms with Crippen LogP contribution in [0.4, 0.5) is 10.5 Å². The van der Waals surface area contributed by atoms with Gasteiger partial charge in [0.05, 0.1) is 17.6 Å². The molecule has 0 saturated heterocycles. The molecule has 3 N–H and O–H groups in total. The number of carbonyl (C=O) groups excluding carboxylic acids is 1. The van der Waals surface area contributed by atoms with Crippen LogP contribution in [0.15, 0.2) is 30.7 Å². The van der Waals surface area contributed by atoms with Crippen molar-refractivity contribution >= 4 is 11.7 Å². The van der Waals surface area contributed by atoms with Crippen molar-refractivity contribution in [3.05, 3.63) is 30.7 Å². The first-order chi connectivity index (χ1) is 8.81. The maximum atomic E-state index is 11.6. The van der Waals surface area contributed by atoms with Crippen molar-refractivity contribution in [3.8, 4) is 11.3 Å². The second-order valence-corrected chi connectivity index (χ2v) is 4.31.